The lowest BCUT2D eigenvalue weighted by Crippen LogP contribution is -2.46. The minimum absolute atomic E-state index is 0.0374. The van der Waals surface area contributed by atoms with Gasteiger partial charge in [-0.3, -0.25) is 0 Å². The van der Waals surface area contributed by atoms with Crippen LogP contribution in [0, 0.1) is 0 Å². The second kappa shape index (κ2) is 5.48. The lowest BCUT2D eigenvalue weighted by Gasteiger charge is -2.39. The molecule has 0 fully saturated rings. The number of nitrogens with zero attached hydrogens (tertiary/aromatic N) is 1. The van der Waals surface area contributed by atoms with E-state index >= 15 is 0 Å². The van der Waals surface area contributed by atoms with Crippen molar-refractivity contribution in [2.24, 2.45) is 5.73 Å². The molecule has 1 aliphatic rings. The van der Waals surface area contributed by atoms with E-state index in [9.17, 15) is 4.79 Å². The van der Waals surface area contributed by atoms with Crippen molar-refractivity contribution in [1.29, 1.82) is 0 Å². The molecule has 0 radical (unpaired) electrons. The Labute approximate surface area is 113 Å². The number of carbonyl (C=O) groups excluding carboxylic acids is 1. The van der Waals surface area contributed by atoms with Crippen LogP contribution in [-0.4, -0.2) is 38.8 Å². The number of fused-ring (bicyclic) bond motifs is 1. The fourth-order valence-electron chi connectivity index (χ4n) is 2.34. The van der Waals surface area contributed by atoms with Crippen LogP contribution in [0.3, 0.4) is 0 Å². The van der Waals surface area contributed by atoms with Crippen LogP contribution in [0.5, 0.6) is 5.75 Å². The maximum atomic E-state index is 11.5. The van der Waals surface area contributed by atoms with Gasteiger partial charge in [-0.2, -0.15) is 0 Å². The van der Waals surface area contributed by atoms with Gasteiger partial charge < -0.3 is 20.1 Å². The summed E-state index contributed by atoms with van der Waals surface area (Å²) in [6.07, 6.45) is 0.823. The molecule has 5 nitrogen and oxygen atoms in total. The predicted octanol–water partition coefficient (Wildman–Crippen LogP) is 1.41. The third kappa shape index (κ3) is 2.51. The molecule has 1 aliphatic heterocycles. The summed E-state index contributed by atoms with van der Waals surface area (Å²) in [6.45, 7) is 2.69. The van der Waals surface area contributed by atoms with Gasteiger partial charge in [0.05, 0.1) is 24.4 Å². The molecule has 0 bridgehead atoms. The Kier molecular flexibility index (Phi) is 3.95. The first-order valence-electron chi connectivity index (χ1n) is 6.40. The van der Waals surface area contributed by atoms with E-state index < -0.39 is 0 Å². The van der Waals surface area contributed by atoms with Gasteiger partial charge in [0.15, 0.2) is 0 Å². The maximum absolute atomic E-state index is 11.5. The van der Waals surface area contributed by atoms with E-state index in [1.807, 2.05) is 13.1 Å². The fraction of sp³-hybridized carbons (Fsp3) is 0.500. The first kappa shape index (κ1) is 13.7. The number of rotatable bonds is 3. The van der Waals surface area contributed by atoms with E-state index in [2.05, 4.69) is 11.8 Å². The van der Waals surface area contributed by atoms with Crippen molar-refractivity contribution in [2.45, 2.75) is 25.5 Å². The van der Waals surface area contributed by atoms with Crippen LogP contribution in [0.25, 0.3) is 0 Å². The van der Waals surface area contributed by atoms with Gasteiger partial charge in [0.2, 0.25) is 0 Å². The average molecular weight is 264 g/mol. The largest absolute Gasteiger partial charge is 0.486 e. The van der Waals surface area contributed by atoms with E-state index in [0.717, 1.165) is 12.1 Å². The van der Waals surface area contributed by atoms with E-state index in [-0.39, 0.29) is 18.1 Å². The van der Waals surface area contributed by atoms with Gasteiger partial charge in [-0.05, 0) is 38.1 Å². The van der Waals surface area contributed by atoms with Crippen LogP contribution in [0.2, 0.25) is 0 Å². The van der Waals surface area contributed by atoms with Gasteiger partial charge in [-0.1, -0.05) is 0 Å². The number of ether oxygens (including phenoxy) is 2. The van der Waals surface area contributed by atoms with Gasteiger partial charge in [0, 0.05) is 7.05 Å². The highest BCUT2D eigenvalue weighted by Crippen LogP contribution is 2.36. The second-order valence-corrected chi connectivity index (χ2v) is 4.76. The number of likely N-dealkylation sites (N-methyl/N-ethyl adjacent to an activating group) is 1. The molecule has 0 aliphatic carbocycles. The van der Waals surface area contributed by atoms with Gasteiger partial charge in [0.25, 0.3) is 0 Å². The molecule has 104 valence electrons. The molecule has 0 amide bonds. The highest BCUT2D eigenvalue weighted by molar-refractivity contribution is 5.90. The van der Waals surface area contributed by atoms with Crippen LogP contribution < -0.4 is 15.4 Å². The molecule has 0 saturated carbocycles. The topological polar surface area (TPSA) is 64.8 Å². The fourth-order valence-corrected chi connectivity index (χ4v) is 2.34. The third-order valence-electron chi connectivity index (χ3n) is 3.64. The van der Waals surface area contributed by atoms with Crippen molar-refractivity contribution in [1.82, 2.24) is 0 Å². The van der Waals surface area contributed by atoms with Crippen molar-refractivity contribution < 1.29 is 14.3 Å². The summed E-state index contributed by atoms with van der Waals surface area (Å²) < 4.78 is 10.7. The lowest BCUT2D eigenvalue weighted by molar-refractivity contribution is 0.0599. The van der Waals surface area contributed by atoms with Gasteiger partial charge in [0.1, 0.15) is 11.9 Å². The molecule has 1 aromatic rings. The zero-order chi connectivity index (χ0) is 14.0. The molecule has 2 unspecified atom stereocenters. The molecule has 1 heterocycles. The van der Waals surface area contributed by atoms with Gasteiger partial charge >= 0.3 is 5.97 Å². The lowest BCUT2D eigenvalue weighted by atomic mass is 10.0. The number of methoxy groups -OCH3 is 1. The summed E-state index contributed by atoms with van der Waals surface area (Å²) in [5.41, 5.74) is 7.09. The normalized spacial score (nSPS) is 21.6. The molecular formula is C14H20N2O3. The highest BCUT2D eigenvalue weighted by Gasteiger charge is 2.30. The minimum Gasteiger partial charge on any atom is -0.486 e. The Bertz CT molecular complexity index is 476. The number of hydrogen-bond donors (Lipinski definition) is 1. The molecule has 19 heavy (non-hydrogen) atoms. The first-order valence-corrected chi connectivity index (χ1v) is 6.40. The number of benzene rings is 1. The van der Waals surface area contributed by atoms with Crippen molar-refractivity contribution in [3.05, 3.63) is 23.8 Å². The van der Waals surface area contributed by atoms with Crippen molar-refractivity contribution in [2.75, 3.05) is 25.6 Å². The standard InChI is InChI=1S/C14H20N2O3/c1-9-12(6-7-15)19-13-8-10(14(17)18-3)4-5-11(13)16(9)2/h4-5,8-9,12H,6-7,15H2,1-3H3. The highest BCUT2D eigenvalue weighted by atomic mass is 16.5. The van der Waals surface area contributed by atoms with Crippen LogP contribution in [0.4, 0.5) is 5.69 Å². The molecule has 5 heteroatoms. The Morgan fingerprint density at radius 3 is 2.89 bits per heavy atom. The third-order valence-corrected chi connectivity index (χ3v) is 3.64. The Balaban J connectivity index is 2.34. The van der Waals surface area contributed by atoms with Crippen LogP contribution >= 0.6 is 0 Å². The molecule has 0 saturated heterocycles. The smallest absolute Gasteiger partial charge is 0.337 e. The zero-order valence-corrected chi connectivity index (χ0v) is 11.6. The van der Waals surface area contributed by atoms with Crippen LogP contribution in [0.1, 0.15) is 23.7 Å². The SMILES string of the molecule is COC(=O)c1ccc2c(c1)OC(CCN)C(C)N2C. The Morgan fingerprint density at radius 1 is 1.53 bits per heavy atom. The quantitative estimate of drug-likeness (QED) is 0.836. The Hall–Kier alpha value is -1.75. The van der Waals surface area contributed by atoms with E-state index in [1.165, 1.54) is 7.11 Å². The van der Waals surface area contributed by atoms with Gasteiger partial charge in [-0.15, -0.1) is 0 Å². The average Bonchev–Trinajstić information content (AvgIpc) is 2.43. The Morgan fingerprint density at radius 2 is 2.26 bits per heavy atom. The van der Waals surface area contributed by atoms with Crippen molar-refractivity contribution in [3.8, 4) is 5.75 Å². The van der Waals surface area contributed by atoms with Crippen LogP contribution in [-0.2, 0) is 4.74 Å². The van der Waals surface area contributed by atoms with E-state index in [4.69, 9.17) is 15.2 Å². The summed E-state index contributed by atoms with van der Waals surface area (Å²) >= 11 is 0. The summed E-state index contributed by atoms with van der Waals surface area (Å²) in [5.74, 6) is 0.352. The van der Waals surface area contributed by atoms with Gasteiger partial charge in [-0.25, -0.2) is 4.79 Å². The van der Waals surface area contributed by atoms with Crippen molar-refractivity contribution in [3.63, 3.8) is 0 Å². The van der Waals surface area contributed by atoms with E-state index in [1.54, 1.807) is 12.1 Å². The molecule has 2 atom stereocenters. The molecule has 1 aromatic carbocycles. The minimum atomic E-state index is -0.358. The molecule has 0 aromatic heterocycles. The number of hydrogen-bond acceptors (Lipinski definition) is 5. The summed E-state index contributed by atoms with van der Waals surface area (Å²) in [4.78, 5) is 13.7. The summed E-state index contributed by atoms with van der Waals surface area (Å²) in [7, 11) is 3.39. The monoisotopic (exact) mass is 264 g/mol. The summed E-state index contributed by atoms with van der Waals surface area (Å²) in [6, 6.07) is 5.62. The maximum Gasteiger partial charge on any atom is 0.337 e. The van der Waals surface area contributed by atoms with Crippen molar-refractivity contribution >= 4 is 11.7 Å². The number of carbonyl (C=O) groups is 1. The second-order valence-electron chi connectivity index (χ2n) is 4.76. The molecule has 0 spiro atoms. The molecule has 2 N–H and O–H groups in total. The number of nitrogens with two attached hydrogens (primary N) is 1. The predicted molar refractivity (Wildman–Crippen MR) is 73.7 cm³/mol. The molecule has 2 rings (SSSR count). The number of anilines is 1. The van der Waals surface area contributed by atoms with Crippen LogP contribution in [0.15, 0.2) is 18.2 Å². The molecular weight excluding hydrogens is 244 g/mol. The zero-order valence-electron chi connectivity index (χ0n) is 11.6. The first-order chi connectivity index (χ1) is 9.08. The summed E-state index contributed by atoms with van der Waals surface area (Å²) in [5, 5.41) is 0. The number of esters is 1. The van der Waals surface area contributed by atoms with E-state index in [0.29, 0.717) is 17.9 Å².